The van der Waals surface area contributed by atoms with E-state index < -0.39 is 29.9 Å². The van der Waals surface area contributed by atoms with Gasteiger partial charge in [0.15, 0.2) is 5.17 Å². The highest BCUT2D eigenvalue weighted by atomic mass is 35.5. The molecule has 16 heteroatoms. The van der Waals surface area contributed by atoms with Gasteiger partial charge in [-0.2, -0.15) is 4.99 Å². The fourth-order valence-electron chi connectivity index (χ4n) is 5.22. The van der Waals surface area contributed by atoms with E-state index in [4.69, 9.17) is 22.1 Å². The number of nitrogens with zero attached hydrogens (tertiary/aromatic N) is 3. The normalized spacial score (nSPS) is 14.7. The number of carbonyl (C=O) groups excluding carboxylic acids is 3. The standard InChI is InChI=1S/C38H40ClF4N5O5S.C2H6/c1-5-7-8-28(47(6-2)35(50)25-11-14-29(15-12-25)53-38(41,42)43)19-31(44)26-13-16-32(30(40)18-26)45-36(51)46-37-48(34(49)22-54-37)33-17-23(3)9-10-27(33)21-52-20-24(4)39;1-2/h8-19,24H,5-7,20-22,44H2,1-4H3,(H,45,51);1-2H3/b28-8+,31-19-,46-37-;. The van der Waals surface area contributed by atoms with Gasteiger partial charge >= 0.3 is 12.4 Å². The molecule has 10 nitrogen and oxygen atoms in total. The molecule has 0 bridgehead atoms. The maximum absolute atomic E-state index is 15.4. The summed E-state index contributed by atoms with van der Waals surface area (Å²) in [5.74, 6) is -2.02. The number of benzene rings is 3. The van der Waals surface area contributed by atoms with Crippen molar-refractivity contribution in [2.24, 2.45) is 10.7 Å². The molecule has 0 aliphatic carbocycles. The van der Waals surface area contributed by atoms with Crippen molar-refractivity contribution in [3.63, 3.8) is 0 Å². The summed E-state index contributed by atoms with van der Waals surface area (Å²) < 4.78 is 62.8. The lowest BCUT2D eigenvalue weighted by atomic mass is 10.1. The van der Waals surface area contributed by atoms with E-state index in [-0.39, 0.29) is 57.9 Å². The molecule has 1 fully saturated rings. The van der Waals surface area contributed by atoms with Gasteiger partial charge in [0.1, 0.15) is 11.6 Å². The first-order chi connectivity index (χ1) is 26.6. The van der Waals surface area contributed by atoms with Gasteiger partial charge in [-0.25, -0.2) is 9.18 Å². The van der Waals surface area contributed by atoms with E-state index in [1.807, 2.05) is 39.8 Å². The molecule has 0 spiro atoms. The molecule has 3 N–H and O–H groups in total. The zero-order valence-corrected chi connectivity index (χ0v) is 33.6. The molecule has 0 aromatic heterocycles. The van der Waals surface area contributed by atoms with Crippen molar-refractivity contribution in [1.82, 2.24) is 4.90 Å². The molecule has 1 atom stereocenters. The van der Waals surface area contributed by atoms with Crippen LogP contribution in [0.5, 0.6) is 5.75 Å². The maximum atomic E-state index is 15.4. The summed E-state index contributed by atoms with van der Waals surface area (Å²) in [5.41, 5.74) is 9.15. The second kappa shape index (κ2) is 21.4. The Labute approximate surface area is 333 Å². The molecule has 1 aliphatic rings. The number of aliphatic imine (C=N–C) groups is 1. The summed E-state index contributed by atoms with van der Waals surface area (Å²) in [6.07, 6.45) is -0.292. The largest absolute Gasteiger partial charge is 0.573 e. The lowest BCUT2D eigenvalue weighted by Crippen LogP contribution is -2.31. The van der Waals surface area contributed by atoms with Crippen molar-refractivity contribution in [3.05, 3.63) is 107 Å². The highest BCUT2D eigenvalue weighted by Crippen LogP contribution is 2.32. The van der Waals surface area contributed by atoms with Crippen molar-refractivity contribution in [3.8, 4) is 5.75 Å². The predicted molar refractivity (Wildman–Crippen MR) is 215 cm³/mol. The molecular formula is C40H46ClF4N5O5S. The third kappa shape index (κ3) is 13.1. The fraction of sp³-hybridized carbons (Fsp3) is 0.350. The smallest absolute Gasteiger partial charge is 0.406 e. The van der Waals surface area contributed by atoms with Gasteiger partial charge in [0, 0.05) is 34.6 Å². The minimum Gasteiger partial charge on any atom is -0.406 e. The van der Waals surface area contributed by atoms with Crippen LogP contribution in [0.15, 0.2) is 83.5 Å². The number of amidine groups is 1. The van der Waals surface area contributed by atoms with Crippen LogP contribution in [0.25, 0.3) is 5.70 Å². The van der Waals surface area contributed by atoms with Crippen LogP contribution in [0.4, 0.5) is 33.7 Å². The van der Waals surface area contributed by atoms with Crippen LogP contribution in [0.2, 0.25) is 0 Å². The fourth-order valence-corrected chi connectivity index (χ4v) is 6.17. The lowest BCUT2D eigenvalue weighted by molar-refractivity contribution is -0.274. The van der Waals surface area contributed by atoms with Gasteiger partial charge in [-0.05, 0) is 81.3 Å². The third-order valence-corrected chi connectivity index (χ3v) is 8.80. The number of nitrogens with one attached hydrogen (secondary N) is 1. The number of unbranched alkanes of at least 4 members (excludes halogenated alkanes) is 1. The van der Waals surface area contributed by atoms with E-state index in [9.17, 15) is 27.6 Å². The van der Waals surface area contributed by atoms with Crippen molar-refractivity contribution < 1.29 is 41.4 Å². The van der Waals surface area contributed by atoms with E-state index in [0.29, 0.717) is 30.0 Å². The van der Waals surface area contributed by atoms with Gasteiger partial charge < -0.3 is 25.4 Å². The molecule has 302 valence electrons. The molecular weight excluding hydrogens is 774 g/mol. The highest BCUT2D eigenvalue weighted by Gasteiger charge is 2.33. The van der Waals surface area contributed by atoms with Gasteiger partial charge in [-0.15, -0.1) is 24.8 Å². The van der Waals surface area contributed by atoms with Gasteiger partial charge in [0.05, 0.1) is 35.7 Å². The Morgan fingerprint density at radius 1 is 1.09 bits per heavy atom. The molecule has 1 heterocycles. The highest BCUT2D eigenvalue weighted by molar-refractivity contribution is 8.15. The number of halogens is 5. The average Bonchev–Trinajstić information content (AvgIpc) is 3.51. The van der Waals surface area contributed by atoms with Crippen molar-refractivity contribution >= 4 is 63.4 Å². The van der Waals surface area contributed by atoms with Crippen LogP contribution in [-0.4, -0.2) is 58.6 Å². The predicted octanol–water partition coefficient (Wildman–Crippen LogP) is 10.0. The van der Waals surface area contributed by atoms with Gasteiger partial charge in [0.2, 0.25) is 5.91 Å². The molecule has 1 aliphatic heterocycles. The van der Waals surface area contributed by atoms with Crippen molar-refractivity contribution in [2.75, 3.05) is 29.1 Å². The van der Waals surface area contributed by atoms with E-state index in [1.54, 1.807) is 26.0 Å². The number of aryl methyl sites for hydroxylation is 1. The summed E-state index contributed by atoms with van der Waals surface area (Å²) in [6, 6.07) is 13.0. The van der Waals surface area contributed by atoms with E-state index in [0.717, 1.165) is 41.9 Å². The summed E-state index contributed by atoms with van der Waals surface area (Å²) in [4.78, 5) is 46.3. The van der Waals surface area contributed by atoms with Crippen molar-refractivity contribution in [1.29, 1.82) is 0 Å². The molecule has 0 saturated carbocycles. The van der Waals surface area contributed by atoms with Crippen LogP contribution >= 0.6 is 23.4 Å². The molecule has 56 heavy (non-hydrogen) atoms. The quantitative estimate of drug-likeness (QED) is 0.0942. The molecule has 4 rings (SSSR count). The number of alkyl halides is 4. The van der Waals surface area contributed by atoms with E-state index in [2.05, 4.69) is 15.0 Å². The zero-order chi connectivity index (χ0) is 41.6. The van der Waals surface area contributed by atoms with Crippen LogP contribution in [0.3, 0.4) is 0 Å². The number of hydrogen-bond donors (Lipinski definition) is 2. The second-order valence-electron chi connectivity index (χ2n) is 12.1. The minimum absolute atomic E-state index is 0.0483. The number of allylic oxidation sites excluding steroid dienone is 2. The van der Waals surface area contributed by atoms with Crippen molar-refractivity contribution in [2.45, 2.75) is 72.7 Å². The van der Waals surface area contributed by atoms with E-state index >= 15 is 4.39 Å². The van der Waals surface area contributed by atoms with Gasteiger partial charge in [-0.1, -0.05) is 63.2 Å². The second-order valence-corrected chi connectivity index (χ2v) is 13.8. The Morgan fingerprint density at radius 3 is 2.38 bits per heavy atom. The van der Waals surface area contributed by atoms with Gasteiger partial charge in [-0.3, -0.25) is 14.5 Å². The summed E-state index contributed by atoms with van der Waals surface area (Å²) in [7, 11) is 0. The van der Waals surface area contributed by atoms with Crippen LogP contribution in [0, 0.1) is 12.7 Å². The topological polar surface area (TPSA) is 127 Å². The molecule has 0 radical (unpaired) electrons. The number of ether oxygens (including phenoxy) is 2. The lowest BCUT2D eigenvalue weighted by Gasteiger charge is -2.23. The van der Waals surface area contributed by atoms with Gasteiger partial charge in [0.25, 0.3) is 5.91 Å². The monoisotopic (exact) mass is 819 g/mol. The number of anilines is 2. The Kier molecular flexibility index (Phi) is 17.4. The van der Waals surface area contributed by atoms with Crippen LogP contribution in [0.1, 0.15) is 74.5 Å². The van der Waals surface area contributed by atoms with Crippen LogP contribution in [-0.2, 0) is 16.1 Å². The first kappa shape index (κ1) is 45.5. The summed E-state index contributed by atoms with van der Waals surface area (Å²) in [5, 5.41) is 2.33. The first-order valence-corrected chi connectivity index (χ1v) is 19.3. The number of urea groups is 1. The molecule has 1 unspecified atom stereocenters. The molecule has 3 aromatic carbocycles. The minimum atomic E-state index is -4.87. The third-order valence-electron chi connectivity index (χ3n) is 7.75. The molecule has 1 saturated heterocycles. The summed E-state index contributed by atoms with van der Waals surface area (Å²) >= 11 is 7.08. The number of carbonyl (C=O) groups is 3. The van der Waals surface area contributed by atoms with E-state index in [1.165, 1.54) is 40.1 Å². The number of nitrogens with two attached hydrogens (primary N) is 1. The Hall–Kier alpha value is -4.86. The number of thioether (sulfide) groups is 1. The Bertz CT molecular complexity index is 1940. The molecule has 3 aromatic rings. The average molecular weight is 820 g/mol. The molecule has 4 amide bonds. The SMILES string of the molecule is CC.CCC/C=C(\C=C(/N)c1ccc(NC(=O)/N=C2\SCC(=O)N2c2cc(C)ccc2COCC(C)Cl)c(F)c1)N(CC)C(=O)c1ccc(OC(F)(F)F)cc1. The summed E-state index contributed by atoms with van der Waals surface area (Å²) in [6.45, 7) is 12.0. The Morgan fingerprint density at radius 2 is 1.77 bits per heavy atom. The first-order valence-electron chi connectivity index (χ1n) is 17.9. The number of likely N-dealkylation sites (N-methyl/N-ethyl adjacent to an activating group) is 1. The number of hydrogen-bond acceptors (Lipinski definition) is 7. The zero-order valence-electron chi connectivity index (χ0n) is 32.0. The van der Waals surface area contributed by atoms with Crippen LogP contribution < -0.4 is 20.7 Å². The Balaban J connectivity index is 0.00000414. The maximum Gasteiger partial charge on any atom is 0.573 e. The number of rotatable bonds is 14. The number of amides is 4.